The maximum atomic E-state index is 10.5. The Kier molecular flexibility index (Phi) is 3.65. The van der Waals surface area contributed by atoms with Crippen LogP contribution in [-0.4, -0.2) is 8.42 Å². The molecule has 0 aliphatic rings. The van der Waals surface area contributed by atoms with Gasteiger partial charge in [0.15, 0.2) is 0 Å². The minimum Gasteiger partial charge on any atom is -0.253 e. The van der Waals surface area contributed by atoms with Gasteiger partial charge in [0.25, 0.3) is 0 Å². The predicted molar refractivity (Wildman–Crippen MR) is 56.8 cm³/mol. The molecule has 0 bridgehead atoms. The molecular formula is C8H10BrNO3S. The normalized spacial score (nSPS) is 11.6. The van der Waals surface area contributed by atoms with Crippen molar-refractivity contribution in [1.82, 2.24) is 0 Å². The third-order valence-electron chi connectivity index (χ3n) is 1.59. The number of halogens is 1. The second-order valence-electron chi connectivity index (χ2n) is 2.85. The highest BCUT2D eigenvalue weighted by atomic mass is 79.9. The van der Waals surface area contributed by atoms with Gasteiger partial charge < -0.3 is 0 Å². The van der Waals surface area contributed by atoms with Gasteiger partial charge in [-0.2, -0.15) is 8.42 Å². The molecule has 0 fully saturated rings. The van der Waals surface area contributed by atoms with Crippen molar-refractivity contribution in [2.24, 2.45) is 5.14 Å². The lowest BCUT2D eigenvalue weighted by molar-refractivity contribution is 0.308. The van der Waals surface area contributed by atoms with E-state index in [0.29, 0.717) is 0 Å². The molecule has 1 rings (SSSR count). The molecule has 4 nitrogen and oxygen atoms in total. The minimum atomic E-state index is -3.87. The average molecular weight is 280 g/mol. The Morgan fingerprint density at radius 2 is 2.14 bits per heavy atom. The van der Waals surface area contributed by atoms with Gasteiger partial charge >= 0.3 is 10.3 Å². The zero-order chi connectivity index (χ0) is 10.8. The van der Waals surface area contributed by atoms with Gasteiger partial charge in [0, 0.05) is 4.47 Å². The number of aryl methyl sites for hydroxylation is 1. The minimum absolute atomic E-state index is 0.0559. The van der Waals surface area contributed by atoms with Crippen molar-refractivity contribution in [2.75, 3.05) is 0 Å². The van der Waals surface area contributed by atoms with Crippen LogP contribution in [0.5, 0.6) is 0 Å². The molecule has 1 aromatic carbocycles. The fourth-order valence-corrected chi connectivity index (χ4v) is 1.81. The van der Waals surface area contributed by atoms with Crippen LogP contribution in [0.3, 0.4) is 0 Å². The molecule has 14 heavy (non-hydrogen) atoms. The van der Waals surface area contributed by atoms with Crippen LogP contribution in [-0.2, 0) is 21.1 Å². The fraction of sp³-hybridized carbons (Fsp3) is 0.250. The zero-order valence-corrected chi connectivity index (χ0v) is 9.93. The molecule has 0 saturated heterocycles. The van der Waals surface area contributed by atoms with Crippen molar-refractivity contribution in [3.8, 4) is 0 Å². The summed E-state index contributed by atoms with van der Waals surface area (Å²) in [6.45, 7) is 1.88. The second kappa shape index (κ2) is 4.39. The molecule has 0 spiro atoms. The summed E-state index contributed by atoms with van der Waals surface area (Å²) in [6.07, 6.45) is 0. The maximum absolute atomic E-state index is 10.5. The quantitative estimate of drug-likeness (QED) is 0.911. The van der Waals surface area contributed by atoms with Gasteiger partial charge in [-0.25, -0.2) is 5.14 Å². The average Bonchev–Trinajstić information content (AvgIpc) is 2.00. The maximum Gasteiger partial charge on any atom is 0.333 e. The van der Waals surface area contributed by atoms with E-state index in [1.54, 1.807) is 6.07 Å². The van der Waals surface area contributed by atoms with Gasteiger partial charge in [-0.05, 0) is 24.1 Å². The van der Waals surface area contributed by atoms with E-state index >= 15 is 0 Å². The van der Waals surface area contributed by atoms with Gasteiger partial charge in [-0.1, -0.05) is 28.1 Å². The zero-order valence-electron chi connectivity index (χ0n) is 7.53. The van der Waals surface area contributed by atoms with Crippen molar-refractivity contribution in [1.29, 1.82) is 0 Å². The van der Waals surface area contributed by atoms with Crippen molar-refractivity contribution in [3.63, 3.8) is 0 Å². The molecular weight excluding hydrogens is 270 g/mol. The van der Waals surface area contributed by atoms with E-state index in [0.717, 1.165) is 15.6 Å². The Labute approximate surface area is 91.5 Å². The summed E-state index contributed by atoms with van der Waals surface area (Å²) in [7, 11) is -3.87. The van der Waals surface area contributed by atoms with Crippen LogP contribution < -0.4 is 5.14 Å². The number of nitrogens with two attached hydrogens (primary N) is 1. The van der Waals surface area contributed by atoms with Crippen LogP contribution in [0.25, 0.3) is 0 Å². The third-order valence-corrected chi connectivity index (χ3v) is 2.77. The van der Waals surface area contributed by atoms with Crippen LogP contribution in [0.4, 0.5) is 0 Å². The van der Waals surface area contributed by atoms with Crippen LogP contribution in [0.15, 0.2) is 22.7 Å². The van der Waals surface area contributed by atoms with E-state index in [4.69, 9.17) is 5.14 Å². The lowest BCUT2D eigenvalue weighted by Crippen LogP contribution is -2.15. The Balaban J connectivity index is 2.78. The van der Waals surface area contributed by atoms with E-state index < -0.39 is 10.3 Å². The topological polar surface area (TPSA) is 69.4 Å². The summed E-state index contributed by atoms with van der Waals surface area (Å²) in [5.74, 6) is 0. The first kappa shape index (κ1) is 11.6. The van der Waals surface area contributed by atoms with E-state index in [9.17, 15) is 8.42 Å². The SMILES string of the molecule is Cc1ccc(COS(N)(=O)=O)c(Br)c1. The summed E-state index contributed by atoms with van der Waals surface area (Å²) in [5, 5.41) is 4.70. The number of hydrogen-bond donors (Lipinski definition) is 1. The first-order chi connectivity index (χ1) is 6.38. The molecule has 6 heteroatoms. The highest BCUT2D eigenvalue weighted by molar-refractivity contribution is 9.10. The molecule has 1 aromatic rings. The predicted octanol–water partition coefficient (Wildman–Crippen LogP) is 1.48. The lowest BCUT2D eigenvalue weighted by atomic mass is 10.2. The van der Waals surface area contributed by atoms with Crippen LogP contribution in [0.1, 0.15) is 11.1 Å². The molecule has 0 unspecified atom stereocenters. The van der Waals surface area contributed by atoms with Crippen LogP contribution in [0.2, 0.25) is 0 Å². The monoisotopic (exact) mass is 279 g/mol. The summed E-state index contributed by atoms with van der Waals surface area (Å²) in [4.78, 5) is 0. The van der Waals surface area contributed by atoms with Crippen molar-refractivity contribution in [2.45, 2.75) is 13.5 Å². The van der Waals surface area contributed by atoms with Crippen LogP contribution in [0, 0.1) is 6.92 Å². The fourth-order valence-electron chi connectivity index (χ4n) is 0.915. The molecule has 0 atom stereocenters. The standard InChI is InChI=1S/C8H10BrNO3S/c1-6-2-3-7(8(9)4-6)5-13-14(10,11)12/h2-4H,5H2,1H3,(H2,10,11,12). The molecule has 0 aromatic heterocycles. The molecule has 0 saturated carbocycles. The summed E-state index contributed by atoms with van der Waals surface area (Å²) < 4.78 is 26.3. The highest BCUT2D eigenvalue weighted by Crippen LogP contribution is 2.19. The largest absolute Gasteiger partial charge is 0.333 e. The number of hydrogen-bond acceptors (Lipinski definition) is 3. The van der Waals surface area contributed by atoms with Crippen LogP contribution >= 0.6 is 15.9 Å². The Morgan fingerprint density at radius 1 is 1.50 bits per heavy atom. The van der Waals surface area contributed by atoms with E-state index in [2.05, 4.69) is 20.1 Å². The van der Waals surface area contributed by atoms with Crippen molar-refractivity contribution in [3.05, 3.63) is 33.8 Å². The van der Waals surface area contributed by atoms with Gasteiger partial charge in [-0.15, -0.1) is 0 Å². The van der Waals surface area contributed by atoms with Gasteiger partial charge in [0.05, 0.1) is 6.61 Å². The number of rotatable bonds is 3. The Hall–Kier alpha value is -0.430. The molecule has 0 heterocycles. The molecule has 0 radical (unpaired) electrons. The molecule has 2 N–H and O–H groups in total. The van der Waals surface area contributed by atoms with Crippen molar-refractivity contribution >= 4 is 26.2 Å². The molecule has 0 aliphatic carbocycles. The molecule has 0 aliphatic heterocycles. The highest BCUT2D eigenvalue weighted by Gasteiger charge is 2.05. The Bertz CT molecular complexity index is 430. The van der Waals surface area contributed by atoms with Crippen molar-refractivity contribution < 1.29 is 12.6 Å². The van der Waals surface area contributed by atoms with E-state index in [1.165, 1.54) is 0 Å². The second-order valence-corrected chi connectivity index (χ2v) is 4.93. The summed E-state index contributed by atoms with van der Waals surface area (Å²) >= 11 is 3.30. The summed E-state index contributed by atoms with van der Waals surface area (Å²) in [5.41, 5.74) is 1.82. The third kappa shape index (κ3) is 3.75. The first-order valence-electron chi connectivity index (χ1n) is 3.80. The smallest absolute Gasteiger partial charge is 0.253 e. The first-order valence-corrected chi connectivity index (χ1v) is 6.07. The molecule has 78 valence electrons. The Morgan fingerprint density at radius 3 is 2.64 bits per heavy atom. The lowest BCUT2D eigenvalue weighted by Gasteiger charge is -2.04. The van der Waals surface area contributed by atoms with Gasteiger partial charge in [0.1, 0.15) is 0 Å². The molecule has 0 amide bonds. The van der Waals surface area contributed by atoms with E-state index in [1.807, 2.05) is 19.1 Å². The van der Waals surface area contributed by atoms with Gasteiger partial charge in [0.2, 0.25) is 0 Å². The van der Waals surface area contributed by atoms with E-state index in [-0.39, 0.29) is 6.61 Å². The van der Waals surface area contributed by atoms with Gasteiger partial charge in [-0.3, -0.25) is 4.18 Å². The summed E-state index contributed by atoms with van der Waals surface area (Å²) in [6, 6.07) is 5.53. The number of benzene rings is 1.